The van der Waals surface area contributed by atoms with Crippen LogP contribution in [0, 0.1) is 0 Å². The van der Waals surface area contributed by atoms with Gasteiger partial charge in [-0.3, -0.25) is 0 Å². The summed E-state index contributed by atoms with van der Waals surface area (Å²) in [5, 5.41) is 8.52. The number of ether oxygens (including phenoxy) is 1. The van der Waals surface area contributed by atoms with Crippen molar-refractivity contribution in [3.05, 3.63) is 16.8 Å². The van der Waals surface area contributed by atoms with E-state index in [1.54, 1.807) is 19.6 Å². The molecule has 0 saturated heterocycles. The van der Waals surface area contributed by atoms with Crippen molar-refractivity contribution in [2.75, 3.05) is 0 Å². The Labute approximate surface area is 113 Å². The number of carboxylic acids is 1. The van der Waals surface area contributed by atoms with E-state index in [9.17, 15) is 18.0 Å². The second kappa shape index (κ2) is 5.01. The van der Waals surface area contributed by atoms with E-state index < -0.39 is 31.4 Å². The number of hydrogen-bond donors (Lipinski definition) is 1. The van der Waals surface area contributed by atoms with E-state index in [2.05, 4.69) is 9.72 Å². The molecule has 0 aliphatic heterocycles. The van der Waals surface area contributed by atoms with Crippen LogP contribution in [0.4, 0.5) is 13.2 Å². The fraction of sp³-hybridized carbons (Fsp3) is 0.400. The van der Waals surface area contributed by atoms with Crippen molar-refractivity contribution in [2.24, 2.45) is 0 Å². The molecule has 1 aromatic rings. The van der Waals surface area contributed by atoms with Crippen LogP contribution in [0.3, 0.4) is 0 Å². The minimum atomic E-state index is -4.91. The number of halogens is 4. The fourth-order valence-electron chi connectivity index (χ4n) is 1.35. The van der Waals surface area contributed by atoms with Crippen LogP contribution in [0.2, 0.25) is 24.8 Å². The maximum absolute atomic E-state index is 12.3. The molecule has 19 heavy (non-hydrogen) atoms. The Morgan fingerprint density at radius 2 is 1.95 bits per heavy atom. The molecule has 0 saturated carbocycles. The van der Waals surface area contributed by atoms with Crippen LogP contribution in [0.25, 0.3) is 0 Å². The van der Waals surface area contributed by atoms with Crippen LogP contribution < -0.4 is 9.92 Å². The van der Waals surface area contributed by atoms with Gasteiger partial charge >= 0.3 is 12.3 Å². The smallest absolute Gasteiger partial charge is 0.478 e. The number of aromatic carboxylic acids is 1. The third-order valence-electron chi connectivity index (χ3n) is 2.19. The van der Waals surface area contributed by atoms with Gasteiger partial charge in [0.2, 0.25) is 5.88 Å². The summed E-state index contributed by atoms with van der Waals surface area (Å²) in [5.41, 5.74) is -0.339. The van der Waals surface area contributed by atoms with Gasteiger partial charge in [-0.1, -0.05) is 31.2 Å². The molecule has 0 atom stereocenters. The van der Waals surface area contributed by atoms with Gasteiger partial charge in [0.25, 0.3) is 0 Å². The maximum atomic E-state index is 12.3. The first-order valence-electron chi connectivity index (χ1n) is 5.12. The van der Waals surface area contributed by atoms with Gasteiger partial charge < -0.3 is 9.84 Å². The quantitative estimate of drug-likeness (QED) is 0.688. The van der Waals surface area contributed by atoms with E-state index in [1.807, 2.05) is 0 Å². The summed E-state index contributed by atoms with van der Waals surface area (Å²) in [5.74, 6) is -2.03. The van der Waals surface area contributed by atoms with Gasteiger partial charge in [0, 0.05) is 5.19 Å². The van der Waals surface area contributed by atoms with E-state index in [1.165, 1.54) is 0 Å². The standard InChI is InChI=1S/C10H11ClF3NO3Si/c1-19(2,3)6-4-5(9(16)17)7(11)15-8(6)18-10(12,13)14/h4H,1-3H3,(H,16,17). The van der Waals surface area contributed by atoms with Gasteiger partial charge in [0.15, 0.2) is 0 Å². The van der Waals surface area contributed by atoms with Crippen molar-refractivity contribution in [1.82, 2.24) is 4.98 Å². The Morgan fingerprint density at radius 1 is 1.42 bits per heavy atom. The minimum absolute atomic E-state index is 0.145. The van der Waals surface area contributed by atoms with Crippen LogP contribution in [-0.4, -0.2) is 30.5 Å². The van der Waals surface area contributed by atoms with Gasteiger partial charge in [0.05, 0.1) is 13.6 Å². The van der Waals surface area contributed by atoms with E-state index in [-0.39, 0.29) is 10.8 Å². The van der Waals surface area contributed by atoms with E-state index >= 15 is 0 Å². The largest absolute Gasteiger partial charge is 0.574 e. The van der Waals surface area contributed by atoms with Crippen molar-refractivity contribution in [3.63, 3.8) is 0 Å². The van der Waals surface area contributed by atoms with Crippen molar-refractivity contribution in [2.45, 2.75) is 26.0 Å². The first kappa shape index (κ1) is 15.8. The predicted octanol–water partition coefficient (Wildman–Crippen LogP) is 2.88. The highest BCUT2D eigenvalue weighted by atomic mass is 35.5. The molecule has 0 fully saturated rings. The lowest BCUT2D eigenvalue weighted by Gasteiger charge is -2.21. The molecule has 1 N–H and O–H groups in total. The van der Waals surface area contributed by atoms with Gasteiger partial charge in [0.1, 0.15) is 5.15 Å². The number of pyridine rings is 1. The molecular formula is C10H11ClF3NO3Si. The van der Waals surface area contributed by atoms with Crippen LogP contribution in [0.1, 0.15) is 10.4 Å². The molecule has 106 valence electrons. The Kier molecular flexibility index (Phi) is 4.16. The Balaban J connectivity index is 3.46. The highest BCUT2D eigenvalue weighted by molar-refractivity contribution is 6.89. The third kappa shape index (κ3) is 4.10. The fourth-order valence-corrected chi connectivity index (χ4v) is 2.89. The Morgan fingerprint density at radius 3 is 2.32 bits per heavy atom. The van der Waals surface area contributed by atoms with Crippen LogP contribution >= 0.6 is 11.6 Å². The SMILES string of the molecule is C[Si](C)(C)c1cc(C(=O)O)c(Cl)nc1OC(F)(F)F. The van der Waals surface area contributed by atoms with Crippen LogP contribution in [0.15, 0.2) is 6.07 Å². The van der Waals surface area contributed by atoms with Crippen LogP contribution in [0.5, 0.6) is 5.88 Å². The Bertz CT molecular complexity index is 514. The molecule has 0 amide bonds. The van der Waals surface area contributed by atoms with Crippen molar-refractivity contribution in [1.29, 1.82) is 0 Å². The van der Waals surface area contributed by atoms with E-state index in [0.717, 1.165) is 6.07 Å². The molecule has 0 spiro atoms. The lowest BCUT2D eigenvalue weighted by atomic mass is 10.3. The third-order valence-corrected chi connectivity index (χ3v) is 4.45. The summed E-state index contributed by atoms with van der Waals surface area (Å²) in [7, 11) is -2.29. The summed E-state index contributed by atoms with van der Waals surface area (Å²) >= 11 is 5.55. The number of carbonyl (C=O) groups is 1. The topological polar surface area (TPSA) is 59.4 Å². The predicted molar refractivity (Wildman–Crippen MR) is 65.9 cm³/mol. The average Bonchev–Trinajstić information content (AvgIpc) is 2.11. The molecular weight excluding hydrogens is 303 g/mol. The highest BCUT2D eigenvalue weighted by Gasteiger charge is 2.36. The second-order valence-electron chi connectivity index (χ2n) is 4.78. The van der Waals surface area contributed by atoms with Crippen molar-refractivity contribution in [3.8, 4) is 5.88 Å². The lowest BCUT2D eigenvalue weighted by molar-refractivity contribution is -0.275. The number of aromatic nitrogens is 1. The zero-order chi connectivity index (χ0) is 15.0. The number of carboxylic acid groups (broad SMARTS) is 1. The first-order chi connectivity index (χ1) is 8.42. The van der Waals surface area contributed by atoms with Crippen molar-refractivity contribution < 1.29 is 27.8 Å². The zero-order valence-corrected chi connectivity index (χ0v) is 12.1. The van der Waals surface area contributed by atoms with Crippen molar-refractivity contribution >= 4 is 30.8 Å². The molecule has 0 aliphatic carbocycles. The number of nitrogens with zero attached hydrogens (tertiary/aromatic N) is 1. The molecule has 1 aromatic heterocycles. The molecule has 1 rings (SSSR count). The van der Waals surface area contributed by atoms with E-state index in [0.29, 0.717) is 0 Å². The summed E-state index contributed by atoms with van der Waals surface area (Å²) < 4.78 is 40.7. The minimum Gasteiger partial charge on any atom is -0.478 e. The second-order valence-corrected chi connectivity index (χ2v) is 10.2. The molecule has 0 aliphatic rings. The maximum Gasteiger partial charge on any atom is 0.574 e. The van der Waals surface area contributed by atoms with Gasteiger partial charge in [-0.05, 0) is 6.07 Å². The first-order valence-corrected chi connectivity index (χ1v) is 8.99. The molecule has 4 nitrogen and oxygen atoms in total. The summed E-state index contributed by atoms with van der Waals surface area (Å²) in [6.45, 7) is 5.23. The van der Waals surface area contributed by atoms with Crippen LogP contribution in [-0.2, 0) is 0 Å². The average molecular weight is 314 g/mol. The normalized spacial score (nSPS) is 12.4. The molecule has 9 heteroatoms. The van der Waals surface area contributed by atoms with Gasteiger partial charge in [-0.25, -0.2) is 9.78 Å². The number of alkyl halides is 3. The van der Waals surface area contributed by atoms with Gasteiger partial charge in [-0.2, -0.15) is 0 Å². The summed E-state index contributed by atoms with van der Waals surface area (Å²) in [4.78, 5) is 14.3. The molecule has 0 bridgehead atoms. The number of rotatable bonds is 3. The zero-order valence-electron chi connectivity index (χ0n) is 10.3. The Hall–Kier alpha value is -1.28. The van der Waals surface area contributed by atoms with E-state index in [4.69, 9.17) is 16.7 Å². The monoisotopic (exact) mass is 313 g/mol. The van der Waals surface area contributed by atoms with Gasteiger partial charge in [-0.15, -0.1) is 13.2 Å². The number of hydrogen-bond acceptors (Lipinski definition) is 3. The lowest BCUT2D eigenvalue weighted by Crippen LogP contribution is -2.41. The molecule has 0 radical (unpaired) electrons. The molecule has 0 unspecified atom stereocenters. The highest BCUT2D eigenvalue weighted by Crippen LogP contribution is 2.25. The molecule has 0 aromatic carbocycles. The summed E-state index contributed by atoms with van der Waals surface area (Å²) in [6, 6.07) is 1.10. The summed E-state index contributed by atoms with van der Waals surface area (Å²) in [6.07, 6.45) is -4.91. The molecule has 1 heterocycles.